The molecule has 2 rings (SSSR count). The second kappa shape index (κ2) is 5.16. The van der Waals surface area contributed by atoms with Crippen LogP contribution in [0, 0.1) is 0 Å². The maximum atomic E-state index is 5.81. The van der Waals surface area contributed by atoms with E-state index in [0.717, 1.165) is 25.3 Å². The highest BCUT2D eigenvalue weighted by atomic mass is 16.5. The topological polar surface area (TPSA) is 56.3 Å². The number of morpholine rings is 1. The zero-order valence-electron chi connectivity index (χ0n) is 10.9. The molecule has 0 spiro atoms. The van der Waals surface area contributed by atoms with Gasteiger partial charge in [-0.15, -0.1) is 0 Å². The van der Waals surface area contributed by atoms with Crippen molar-refractivity contribution in [2.45, 2.75) is 25.5 Å². The normalized spacial score (nSPS) is 26.4. The lowest BCUT2D eigenvalue weighted by Crippen LogP contribution is -2.46. The fourth-order valence-electron chi connectivity index (χ4n) is 2.57. The lowest BCUT2D eigenvalue weighted by atomic mass is 9.98. The van der Waals surface area contributed by atoms with Crippen molar-refractivity contribution in [3.05, 3.63) is 17.5 Å². The van der Waals surface area contributed by atoms with Gasteiger partial charge in [-0.3, -0.25) is 9.58 Å². The Morgan fingerprint density at radius 1 is 1.53 bits per heavy atom. The summed E-state index contributed by atoms with van der Waals surface area (Å²) < 4.78 is 7.65. The van der Waals surface area contributed by atoms with Crippen LogP contribution in [0.5, 0.6) is 0 Å². The van der Waals surface area contributed by atoms with Gasteiger partial charge in [0.25, 0.3) is 0 Å². The van der Waals surface area contributed by atoms with Crippen molar-refractivity contribution in [2.24, 2.45) is 12.8 Å². The highest BCUT2D eigenvalue weighted by molar-refractivity contribution is 5.23. The van der Waals surface area contributed by atoms with E-state index >= 15 is 0 Å². The summed E-state index contributed by atoms with van der Waals surface area (Å²) in [6, 6.07) is 0.234. The Bertz CT molecular complexity index is 377. The number of aromatic nitrogens is 2. The van der Waals surface area contributed by atoms with E-state index in [1.807, 2.05) is 11.7 Å². The van der Waals surface area contributed by atoms with Crippen LogP contribution >= 0.6 is 0 Å². The highest BCUT2D eigenvalue weighted by Crippen LogP contribution is 2.29. The Kier molecular flexibility index (Phi) is 3.81. The van der Waals surface area contributed by atoms with Gasteiger partial charge in [0.05, 0.1) is 24.4 Å². The molecule has 5 nitrogen and oxygen atoms in total. The summed E-state index contributed by atoms with van der Waals surface area (Å²) in [6.07, 6.45) is 3.11. The molecular weight excluding hydrogens is 216 g/mol. The maximum absolute atomic E-state index is 5.81. The number of ether oxygens (including phenoxy) is 1. The SMILES string of the molecule is CCc1nn(C)cc1C1C(CN)OCCN1C. The molecule has 2 unspecified atom stereocenters. The van der Waals surface area contributed by atoms with Crippen molar-refractivity contribution in [2.75, 3.05) is 26.7 Å². The van der Waals surface area contributed by atoms with Gasteiger partial charge in [-0.25, -0.2) is 0 Å². The minimum Gasteiger partial charge on any atom is -0.374 e. The van der Waals surface area contributed by atoms with Gasteiger partial charge >= 0.3 is 0 Å². The van der Waals surface area contributed by atoms with Gasteiger partial charge in [-0.05, 0) is 13.5 Å². The number of rotatable bonds is 3. The maximum Gasteiger partial charge on any atom is 0.0895 e. The van der Waals surface area contributed by atoms with Gasteiger partial charge in [0.2, 0.25) is 0 Å². The monoisotopic (exact) mass is 238 g/mol. The van der Waals surface area contributed by atoms with Crippen LogP contribution in [-0.2, 0) is 18.2 Å². The van der Waals surface area contributed by atoms with Crippen LogP contribution in [0.15, 0.2) is 6.20 Å². The number of nitrogens with two attached hydrogens (primary N) is 1. The van der Waals surface area contributed by atoms with E-state index in [1.165, 1.54) is 5.56 Å². The molecule has 1 aliphatic rings. The van der Waals surface area contributed by atoms with Gasteiger partial charge < -0.3 is 10.5 Å². The molecule has 1 aromatic rings. The van der Waals surface area contributed by atoms with Crippen molar-refractivity contribution in [3.8, 4) is 0 Å². The van der Waals surface area contributed by atoms with Gasteiger partial charge in [0.15, 0.2) is 0 Å². The molecular formula is C12H22N4O. The Hall–Kier alpha value is -0.910. The van der Waals surface area contributed by atoms with E-state index < -0.39 is 0 Å². The van der Waals surface area contributed by atoms with Crippen LogP contribution in [-0.4, -0.2) is 47.5 Å². The molecule has 1 aliphatic heterocycles. The first kappa shape index (κ1) is 12.5. The molecule has 2 heterocycles. The van der Waals surface area contributed by atoms with Gasteiger partial charge in [0, 0.05) is 31.9 Å². The molecule has 2 N–H and O–H groups in total. The number of nitrogens with zero attached hydrogens (tertiary/aromatic N) is 3. The minimum atomic E-state index is 0.0725. The zero-order valence-corrected chi connectivity index (χ0v) is 10.9. The highest BCUT2D eigenvalue weighted by Gasteiger charge is 2.32. The molecule has 96 valence electrons. The van der Waals surface area contributed by atoms with Crippen LogP contribution in [0.2, 0.25) is 0 Å². The third-order valence-electron chi connectivity index (χ3n) is 3.43. The average molecular weight is 238 g/mol. The molecule has 2 atom stereocenters. The molecule has 0 bridgehead atoms. The average Bonchev–Trinajstić information content (AvgIpc) is 2.69. The Labute approximate surface area is 103 Å². The van der Waals surface area contributed by atoms with Crippen LogP contribution in [0.25, 0.3) is 0 Å². The fourth-order valence-corrected chi connectivity index (χ4v) is 2.57. The zero-order chi connectivity index (χ0) is 12.4. The van der Waals surface area contributed by atoms with Crippen molar-refractivity contribution in [1.82, 2.24) is 14.7 Å². The van der Waals surface area contributed by atoms with Crippen LogP contribution in [0.4, 0.5) is 0 Å². The molecule has 1 saturated heterocycles. The van der Waals surface area contributed by atoms with Gasteiger partial charge in [-0.2, -0.15) is 5.10 Å². The predicted octanol–water partition coefficient (Wildman–Crippen LogP) is 0.313. The standard InChI is InChI=1S/C12H22N4O/c1-4-10-9(8-16(3)14-10)12-11(7-13)17-6-5-15(12)2/h8,11-12H,4-7,13H2,1-3H3. The summed E-state index contributed by atoms with van der Waals surface area (Å²) in [6.45, 7) is 4.38. The largest absolute Gasteiger partial charge is 0.374 e. The van der Waals surface area contributed by atoms with E-state index in [1.54, 1.807) is 0 Å². The van der Waals surface area contributed by atoms with E-state index in [9.17, 15) is 0 Å². The van der Waals surface area contributed by atoms with Crippen molar-refractivity contribution < 1.29 is 4.74 Å². The number of hydrogen-bond donors (Lipinski definition) is 1. The lowest BCUT2D eigenvalue weighted by Gasteiger charge is -2.38. The van der Waals surface area contributed by atoms with E-state index in [2.05, 4.69) is 30.2 Å². The summed E-state index contributed by atoms with van der Waals surface area (Å²) in [7, 11) is 4.09. The summed E-state index contributed by atoms with van der Waals surface area (Å²) in [5.74, 6) is 0. The van der Waals surface area contributed by atoms with Crippen LogP contribution < -0.4 is 5.73 Å². The quantitative estimate of drug-likeness (QED) is 0.823. The molecule has 17 heavy (non-hydrogen) atoms. The molecule has 1 fully saturated rings. The van der Waals surface area contributed by atoms with Crippen LogP contribution in [0.1, 0.15) is 24.2 Å². The number of aryl methyl sites for hydroxylation is 2. The van der Waals surface area contributed by atoms with Crippen LogP contribution in [0.3, 0.4) is 0 Å². The Morgan fingerprint density at radius 2 is 2.29 bits per heavy atom. The molecule has 5 heteroatoms. The first-order valence-electron chi connectivity index (χ1n) is 6.21. The molecule has 0 radical (unpaired) electrons. The fraction of sp³-hybridized carbons (Fsp3) is 0.750. The first-order valence-corrected chi connectivity index (χ1v) is 6.21. The second-order valence-corrected chi connectivity index (χ2v) is 4.63. The summed E-state index contributed by atoms with van der Waals surface area (Å²) in [4.78, 5) is 2.32. The van der Waals surface area contributed by atoms with Gasteiger partial charge in [-0.1, -0.05) is 6.92 Å². The lowest BCUT2D eigenvalue weighted by molar-refractivity contribution is -0.0579. The second-order valence-electron chi connectivity index (χ2n) is 4.63. The van der Waals surface area contributed by atoms with E-state index in [-0.39, 0.29) is 12.1 Å². The molecule has 0 amide bonds. The smallest absolute Gasteiger partial charge is 0.0895 e. The molecule has 0 aliphatic carbocycles. The molecule has 0 saturated carbocycles. The molecule has 1 aromatic heterocycles. The Morgan fingerprint density at radius 3 is 2.94 bits per heavy atom. The minimum absolute atomic E-state index is 0.0725. The molecule has 0 aromatic carbocycles. The third kappa shape index (κ3) is 2.36. The van der Waals surface area contributed by atoms with Crippen molar-refractivity contribution >= 4 is 0 Å². The first-order chi connectivity index (χ1) is 8.17. The number of likely N-dealkylation sites (N-methyl/N-ethyl adjacent to an activating group) is 1. The summed E-state index contributed by atoms with van der Waals surface area (Å²) in [5, 5.41) is 4.50. The van der Waals surface area contributed by atoms with Crippen molar-refractivity contribution in [3.63, 3.8) is 0 Å². The third-order valence-corrected chi connectivity index (χ3v) is 3.43. The van der Waals surface area contributed by atoms with E-state index in [4.69, 9.17) is 10.5 Å². The predicted molar refractivity (Wildman–Crippen MR) is 66.8 cm³/mol. The Balaban J connectivity index is 2.33. The van der Waals surface area contributed by atoms with Gasteiger partial charge in [0.1, 0.15) is 0 Å². The summed E-state index contributed by atoms with van der Waals surface area (Å²) in [5.41, 5.74) is 8.22. The van der Waals surface area contributed by atoms with E-state index in [0.29, 0.717) is 6.54 Å². The summed E-state index contributed by atoms with van der Waals surface area (Å²) >= 11 is 0. The number of hydrogen-bond acceptors (Lipinski definition) is 4. The van der Waals surface area contributed by atoms with Crippen molar-refractivity contribution in [1.29, 1.82) is 0 Å².